The van der Waals surface area contributed by atoms with Crippen LogP contribution in [-0.2, 0) is 0 Å². The van der Waals surface area contributed by atoms with Crippen molar-refractivity contribution in [2.24, 2.45) is 0 Å². The highest BCUT2D eigenvalue weighted by molar-refractivity contribution is 7.71. The minimum absolute atomic E-state index is 0.359. The molecule has 0 aliphatic carbocycles. The number of rotatable bonds is 6. The number of hydrogen-bond acceptors (Lipinski definition) is 4. The van der Waals surface area contributed by atoms with Gasteiger partial charge in [-0.15, -0.1) is 0 Å². The van der Waals surface area contributed by atoms with E-state index in [-0.39, 0.29) is 0 Å². The molecule has 23 heavy (non-hydrogen) atoms. The molecule has 3 rings (SSSR count). The normalized spacial score (nSPS) is 11.9. The Balaban J connectivity index is 1.62. The molecule has 1 atom stereocenters. The van der Waals surface area contributed by atoms with Crippen LogP contribution in [0.5, 0.6) is 11.5 Å². The number of anilines is 1. The predicted octanol–water partition coefficient (Wildman–Crippen LogP) is 4.01. The van der Waals surface area contributed by atoms with E-state index < -0.39 is 6.10 Å². The summed E-state index contributed by atoms with van der Waals surface area (Å²) in [6.45, 7) is 0.359. The molecule has 0 aliphatic rings. The fourth-order valence-electron chi connectivity index (χ4n) is 2.14. The van der Waals surface area contributed by atoms with Crippen LogP contribution in [0.4, 0.5) is 5.69 Å². The van der Waals surface area contributed by atoms with E-state index in [1.54, 1.807) is 6.20 Å². The molecule has 0 bridgehead atoms. The van der Waals surface area contributed by atoms with Gasteiger partial charge in [0.05, 0.1) is 5.69 Å². The van der Waals surface area contributed by atoms with Crippen molar-refractivity contribution in [3.63, 3.8) is 0 Å². The van der Waals surface area contributed by atoms with E-state index in [0.29, 0.717) is 17.0 Å². The van der Waals surface area contributed by atoms with E-state index in [2.05, 4.69) is 15.3 Å². The molecule has 2 aromatic carbocycles. The zero-order valence-electron chi connectivity index (χ0n) is 12.3. The first-order valence-electron chi connectivity index (χ1n) is 7.23. The predicted molar refractivity (Wildman–Crippen MR) is 92.4 cm³/mol. The second-order valence-electron chi connectivity index (χ2n) is 5.04. The second-order valence-corrected chi connectivity index (χ2v) is 5.45. The molecular formula is C17H17N3O2S. The molecule has 5 nitrogen and oxygen atoms in total. The van der Waals surface area contributed by atoms with Crippen molar-refractivity contribution < 1.29 is 9.84 Å². The molecule has 0 aliphatic heterocycles. The summed E-state index contributed by atoms with van der Waals surface area (Å²) in [5, 5.41) is 13.3. The lowest BCUT2D eigenvalue weighted by Crippen LogP contribution is -2.12. The van der Waals surface area contributed by atoms with Gasteiger partial charge in [0.25, 0.3) is 0 Å². The first-order chi connectivity index (χ1) is 11.2. The van der Waals surface area contributed by atoms with Gasteiger partial charge in [0.2, 0.25) is 0 Å². The number of aromatic nitrogens is 2. The van der Waals surface area contributed by atoms with Crippen molar-refractivity contribution >= 4 is 17.9 Å². The Kier molecular flexibility index (Phi) is 4.75. The molecule has 1 aromatic heterocycles. The average molecular weight is 327 g/mol. The number of nitrogens with one attached hydrogen (secondary N) is 3. The number of aliphatic hydroxyl groups is 1. The average Bonchev–Trinajstić information content (AvgIpc) is 3.01. The molecule has 3 aromatic rings. The lowest BCUT2D eigenvalue weighted by atomic mass is 10.2. The van der Waals surface area contributed by atoms with E-state index in [1.807, 2.05) is 54.6 Å². The van der Waals surface area contributed by atoms with E-state index >= 15 is 0 Å². The van der Waals surface area contributed by atoms with E-state index in [0.717, 1.165) is 17.2 Å². The standard InChI is InChI=1S/C17H17N3O2S/c21-16(15-10-19-17(23)20-15)11-18-12-5-4-8-14(9-12)22-13-6-2-1-3-7-13/h1-10,16,18,21H,11H2,(H2,19,20,23). The number of para-hydroxylation sites is 1. The number of imidazole rings is 1. The zero-order chi connectivity index (χ0) is 16.1. The Morgan fingerprint density at radius 3 is 2.61 bits per heavy atom. The largest absolute Gasteiger partial charge is 0.457 e. The van der Waals surface area contributed by atoms with Crippen LogP contribution in [0, 0.1) is 4.77 Å². The Labute approximate surface area is 139 Å². The smallest absolute Gasteiger partial charge is 0.174 e. The molecule has 1 unspecified atom stereocenters. The third kappa shape index (κ3) is 4.21. The number of benzene rings is 2. The van der Waals surface area contributed by atoms with Crippen LogP contribution in [0.25, 0.3) is 0 Å². The molecule has 1 heterocycles. The molecule has 0 saturated heterocycles. The van der Waals surface area contributed by atoms with Gasteiger partial charge in [-0.25, -0.2) is 0 Å². The third-order valence-electron chi connectivity index (χ3n) is 3.29. The zero-order valence-corrected chi connectivity index (χ0v) is 13.1. The first-order valence-corrected chi connectivity index (χ1v) is 7.64. The van der Waals surface area contributed by atoms with Crippen molar-refractivity contribution in [3.05, 3.63) is 71.3 Å². The number of aliphatic hydroxyl groups excluding tert-OH is 1. The SMILES string of the molecule is OC(CNc1cccc(Oc2ccccc2)c1)c1c[nH]c(=S)[nH]1. The minimum atomic E-state index is -0.679. The molecule has 0 fully saturated rings. The summed E-state index contributed by atoms with van der Waals surface area (Å²) in [5.74, 6) is 1.52. The first kappa shape index (κ1) is 15.3. The van der Waals surface area contributed by atoms with Gasteiger partial charge in [-0.3, -0.25) is 0 Å². The van der Waals surface area contributed by atoms with Gasteiger partial charge < -0.3 is 25.1 Å². The third-order valence-corrected chi connectivity index (χ3v) is 3.51. The quantitative estimate of drug-likeness (QED) is 0.516. The van der Waals surface area contributed by atoms with E-state index in [4.69, 9.17) is 17.0 Å². The van der Waals surface area contributed by atoms with E-state index in [1.165, 1.54) is 0 Å². The van der Waals surface area contributed by atoms with Gasteiger partial charge in [-0.2, -0.15) is 0 Å². The topological polar surface area (TPSA) is 73.1 Å². The summed E-state index contributed by atoms with van der Waals surface area (Å²) in [7, 11) is 0. The van der Waals surface area contributed by atoms with Crippen LogP contribution in [0.1, 0.15) is 11.8 Å². The monoisotopic (exact) mass is 327 g/mol. The lowest BCUT2D eigenvalue weighted by molar-refractivity contribution is 0.187. The lowest BCUT2D eigenvalue weighted by Gasteiger charge is -2.12. The summed E-state index contributed by atoms with van der Waals surface area (Å²) in [6, 6.07) is 17.2. The summed E-state index contributed by atoms with van der Waals surface area (Å²) >= 11 is 4.95. The molecule has 0 saturated carbocycles. The van der Waals surface area contributed by atoms with Gasteiger partial charge >= 0.3 is 0 Å². The highest BCUT2D eigenvalue weighted by Gasteiger charge is 2.09. The van der Waals surface area contributed by atoms with Crippen LogP contribution in [0.3, 0.4) is 0 Å². The Morgan fingerprint density at radius 1 is 1.09 bits per heavy atom. The fraction of sp³-hybridized carbons (Fsp3) is 0.118. The Hall–Kier alpha value is -2.57. The van der Waals surface area contributed by atoms with Gasteiger partial charge in [0, 0.05) is 24.5 Å². The summed E-state index contributed by atoms with van der Waals surface area (Å²) in [4.78, 5) is 5.74. The Morgan fingerprint density at radius 2 is 1.87 bits per heavy atom. The fourth-order valence-corrected chi connectivity index (χ4v) is 2.32. The Bertz CT molecular complexity index is 814. The maximum Gasteiger partial charge on any atom is 0.174 e. The minimum Gasteiger partial charge on any atom is -0.457 e. The second kappa shape index (κ2) is 7.13. The molecule has 118 valence electrons. The highest BCUT2D eigenvalue weighted by atomic mass is 32.1. The van der Waals surface area contributed by atoms with E-state index in [9.17, 15) is 5.11 Å². The molecule has 6 heteroatoms. The van der Waals surface area contributed by atoms with Gasteiger partial charge in [0.15, 0.2) is 4.77 Å². The van der Waals surface area contributed by atoms with Crippen molar-refractivity contribution in [3.8, 4) is 11.5 Å². The highest BCUT2D eigenvalue weighted by Crippen LogP contribution is 2.24. The van der Waals surface area contributed by atoms with Crippen molar-refractivity contribution in [2.45, 2.75) is 6.10 Å². The van der Waals surface area contributed by atoms with Gasteiger partial charge in [0.1, 0.15) is 17.6 Å². The van der Waals surface area contributed by atoms with Crippen LogP contribution < -0.4 is 10.1 Å². The molecule has 4 N–H and O–H groups in total. The number of hydrogen-bond donors (Lipinski definition) is 4. The van der Waals surface area contributed by atoms with Gasteiger partial charge in [-0.1, -0.05) is 24.3 Å². The van der Waals surface area contributed by atoms with Crippen LogP contribution >= 0.6 is 12.2 Å². The molecule has 0 amide bonds. The molecule has 0 radical (unpaired) electrons. The van der Waals surface area contributed by atoms with Crippen LogP contribution in [0.2, 0.25) is 0 Å². The van der Waals surface area contributed by atoms with Crippen molar-refractivity contribution in [2.75, 3.05) is 11.9 Å². The number of aromatic amines is 2. The van der Waals surface area contributed by atoms with Crippen molar-refractivity contribution in [1.82, 2.24) is 9.97 Å². The maximum absolute atomic E-state index is 10.1. The number of ether oxygens (including phenoxy) is 1. The summed E-state index contributed by atoms with van der Waals surface area (Å²) in [5.41, 5.74) is 1.52. The summed E-state index contributed by atoms with van der Waals surface area (Å²) in [6.07, 6.45) is 0.991. The van der Waals surface area contributed by atoms with Crippen LogP contribution in [0.15, 0.2) is 60.8 Å². The van der Waals surface area contributed by atoms with Gasteiger partial charge in [-0.05, 0) is 36.5 Å². The molecule has 0 spiro atoms. The summed E-state index contributed by atoms with van der Waals surface area (Å²) < 4.78 is 6.28. The van der Waals surface area contributed by atoms with Crippen molar-refractivity contribution in [1.29, 1.82) is 0 Å². The maximum atomic E-state index is 10.1. The molecular weight excluding hydrogens is 310 g/mol. The number of H-pyrrole nitrogens is 2. The van der Waals surface area contributed by atoms with Crippen LogP contribution in [-0.4, -0.2) is 21.6 Å².